The number of nitrogens with one attached hydrogen (secondary N) is 1. The number of aromatic nitrogens is 2. The largest absolute Gasteiger partial charge is 0.343 e. The summed E-state index contributed by atoms with van der Waals surface area (Å²) in [6.07, 6.45) is 1.50. The second-order valence-corrected chi connectivity index (χ2v) is 3.46. The zero-order valence-corrected chi connectivity index (χ0v) is 9.34. The molecule has 0 aromatic carbocycles. The molecular formula is C10H12N4O3. The Morgan fingerprint density at radius 2 is 2.29 bits per heavy atom. The third-order valence-electron chi connectivity index (χ3n) is 2.19. The van der Waals surface area contributed by atoms with E-state index in [1.165, 1.54) is 17.2 Å². The lowest BCUT2D eigenvalue weighted by molar-refractivity contribution is -0.130. The number of amides is 1. The fourth-order valence-electron chi connectivity index (χ4n) is 1.18. The van der Waals surface area contributed by atoms with Crippen LogP contribution in [0, 0.1) is 11.3 Å². The van der Waals surface area contributed by atoms with Gasteiger partial charge in [0.15, 0.2) is 0 Å². The number of carbonyl (C=O) groups is 1. The van der Waals surface area contributed by atoms with Gasteiger partial charge >= 0.3 is 5.69 Å². The van der Waals surface area contributed by atoms with Gasteiger partial charge in [0.1, 0.15) is 6.54 Å². The van der Waals surface area contributed by atoms with E-state index in [0.717, 1.165) is 4.57 Å². The molecule has 7 heteroatoms. The Morgan fingerprint density at radius 1 is 1.59 bits per heavy atom. The standard InChI is InChI=1S/C10H12N4O3/c1-13(5-2-4-11)9(16)7-14-6-3-8(15)12-10(14)17/h3,6H,2,5,7H2,1H3,(H,12,15,17). The van der Waals surface area contributed by atoms with Crippen molar-refractivity contribution in [3.05, 3.63) is 33.1 Å². The van der Waals surface area contributed by atoms with Crippen LogP contribution < -0.4 is 11.2 Å². The molecule has 1 aromatic heterocycles. The summed E-state index contributed by atoms with van der Waals surface area (Å²) >= 11 is 0. The molecule has 1 amide bonds. The van der Waals surface area contributed by atoms with Crippen molar-refractivity contribution in [1.29, 1.82) is 5.26 Å². The highest BCUT2D eigenvalue weighted by molar-refractivity contribution is 5.75. The van der Waals surface area contributed by atoms with Crippen molar-refractivity contribution in [3.8, 4) is 6.07 Å². The summed E-state index contributed by atoms with van der Waals surface area (Å²) in [4.78, 5) is 37.1. The molecule has 0 aliphatic rings. The Balaban J connectivity index is 2.72. The maximum atomic E-state index is 11.6. The molecule has 90 valence electrons. The third kappa shape index (κ3) is 3.61. The number of hydrogen-bond acceptors (Lipinski definition) is 4. The Labute approximate surface area is 96.9 Å². The monoisotopic (exact) mass is 236 g/mol. The van der Waals surface area contributed by atoms with E-state index >= 15 is 0 Å². The summed E-state index contributed by atoms with van der Waals surface area (Å²) in [5.74, 6) is -0.297. The Hall–Kier alpha value is -2.36. The normalized spacial score (nSPS) is 9.65. The smallest absolute Gasteiger partial charge is 0.328 e. The van der Waals surface area contributed by atoms with Crippen LogP contribution in [0.3, 0.4) is 0 Å². The van der Waals surface area contributed by atoms with Gasteiger partial charge in [-0.3, -0.25) is 19.1 Å². The SMILES string of the molecule is CN(CCC#N)C(=O)Cn1ccc(=O)[nH]c1=O. The molecule has 1 aromatic rings. The van der Waals surface area contributed by atoms with Crippen LogP contribution in [0.2, 0.25) is 0 Å². The number of H-pyrrole nitrogens is 1. The number of aromatic amines is 1. The molecule has 0 bridgehead atoms. The lowest BCUT2D eigenvalue weighted by Crippen LogP contribution is -2.36. The summed E-state index contributed by atoms with van der Waals surface area (Å²) < 4.78 is 1.10. The first kappa shape index (κ1) is 12.7. The lowest BCUT2D eigenvalue weighted by atomic mass is 10.4. The fraction of sp³-hybridized carbons (Fsp3) is 0.400. The summed E-state index contributed by atoms with van der Waals surface area (Å²) in [7, 11) is 1.55. The van der Waals surface area contributed by atoms with Crippen LogP contribution in [-0.2, 0) is 11.3 Å². The van der Waals surface area contributed by atoms with Crippen molar-refractivity contribution in [2.24, 2.45) is 0 Å². The van der Waals surface area contributed by atoms with Gasteiger partial charge in [-0.2, -0.15) is 5.26 Å². The first-order chi connectivity index (χ1) is 8.04. The van der Waals surface area contributed by atoms with Gasteiger partial charge in [-0.15, -0.1) is 0 Å². The Morgan fingerprint density at radius 3 is 2.88 bits per heavy atom. The van der Waals surface area contributed by atoms with Gasteiger partial charge in [0.2, 0.25) is 5.91 Å². The third-order valence-corrected chi connectivity index (χ3v) is 2.19. The Bertz CT molecular complexity index is 552. The van der Waals surface area contributed by atoms with Crippen molar-refractivity contribution in [2.75, 3.05) is 13.6 Å². The second-order valence-electron chi connectivity index (χ2n) is 3.46. The first-order valence-corrected chi connectivity index (χ1v) is 4.95. The highest BCUT2D eigenvalue weighted by Crippen LogP contribution is 1.90. The predicted octanol–water partition coefficient (Wildman–Crippen LogP) is -1.09. The van der Waals surface area contributed by atoms with E-state index in [4.69, 9.17) is 5.26 Å². The molecule has 0 radical (unpaired) electrons. The molecule has 0 spiro atoms. The molecular weight excluding hydrogens is 224 g/mol. The molecule has 0 atom stereocenters. The molecule has 0 aliphatic carbocycles. The zero-order chi connectivity index (χ0) is 12.8. The highest BCUT2D eigenvalue weighted by Gasteiger charge is 2.09. The molecule has 1 heterocycles. The van der Waals surface area contributed by atoms with Gasteiger partial charge in [0.05, 0.1) is 12.5 Å². The Kier molecular flexibility index (Phi) is 4.22. The average molecular weight is 236 g/mol. The second kappa shape index (κ2) is 5.65. The maximum absolute atomic E-state index is 11.6. The number of nitrogens with zero attached hydrogens (tertiary/aromatic N) is 3. The van der Waals surface area contributed by atoms with Crippen LogP contribution in [0.15, 0.2) is 21.9 Å². The first-order valence-electron chi connectivity index (χ1n) is 4.95. The molecule has 7 nitrogen and oxygen atoms in total. The van der Waals surface area contributed by atoms with Crippen molar-refractivity contribution >= 4 is 5.91 Å². The summed E-state index contributed by atoms with van der Waals surface area (Å²) in [5, 5.41) is 8.38. The van der Waals surface area contributed by atoms with Crippen molar-refractivity contribution in [1.82, 2.24) is 14.5 Å². The van der Waals surface area contributed by atoms with E-state index in [-0.39, 0.29) is 18.9 Å². The van der Waals surface area contributed by atoms with E-state index in [2.05, 4.69) is 4.98 Å². The van der Waals surface area contributed by atoms with Gasteiger partial charge in [-0.25, -0.2) is 4.79 Å². The van der Waals surface area contributed by atoms with E-state index < -0.39 is 11.2 Å². The average Bonchev–Trinajstić information content (AvgIpc) is 2.29. The minimum atomic E-state index is -0.625. The minimum absolute atomic E-state index is 0.155. The number of hydrogen-bond donors (Lipinski definition) is 1. The quantitative estimate of drug-likeness (QED) is 0.717. The number of likely N-dealkylation sites (N-methyl/N-ethyl adjacent to an activating group) is 1. The molecule has 1 rings (SSSR count). The molecule has 17 heavy (non-hydrogen) atoms. The van der Waals surface area contributed by atoms with Gasteiger partial charge in [-0.05, 0) is 0 Å². The summed E-state index contributed by atoms with van der Waals surface area (Å²) in [6.45, 7) is 0.158. The van der Waals surface area contributed by atoms with Crippen molar-refractivity contribution < 1.29 is 4.79 Å². The molecule has 1 N–H and O–H groups in total. The predicted molar refractivity (Wildman–Crippen MR) is 59.2 cm³/mol. The van der Waals surface area contributed by atoms with Crippen LogP contribution in [0.1, 0.15) is 6.42 Å². The number of carbonyl (C=O) groups excluding carboxylic acids is 1. The molecule has 0 fully saturated rings. The van der Waals surface area contributed by atoms with Crippen molar-refractivity contribution in [2.45, 2.75) is 13.0 Å². The summed E-state index contributed by atoms with van der Waals surface area (Å²) in [5.41, 5.74) is -1.13. The molecule has 0 saturated carbocycles. The van der Waals surface area contributed by atoms with Crippen molar-refractivity contribution in [3.63, 3.8) is 0 Å². The van der Waals surface area contributed by atoms with Crippen LogP contribution in [0.5, 0.6) is 0 Å². The summed E-state index contributed by atoms with van der Waals surface area (Å²) in [6, 6.07) is 3.10. The minimum Gasteiger partial charge on any atom is -0.343 e. The molecule has 0 saturated heterocycles. The van der Waals surface area contributed by atoms with E-state index in [9.17, 15) is 14.4 Å². The van der Waals surface area contributed by atoms with Crippen LogP contribution in [-0.4, -0.2) is 34.0 Å². The number of rotatable bonds is 4. The van der Waals surface area contributed by atoms with Gasteiger partial charge in [0.25, 0.3) is 5.56 Å². The van der Waals surface area contributed by atoms with Gasteiger partial charge in [0, 0.05) is 25.9 Å². The topological polar surface area (TPSA) is 99.0 Å². The number of nitriles is 1. The van der Waals surface area contributed by atoms with Crippen LogP contribution in [0.25, 0.3) is 0 Å². The maximum Gasteiger partial charge on any atom is 0.328 e. The lowest BCUT2D eigenvalue weighted by Gasteiger charge is -2.15. The highest BCUT2D eigenvalue weighted by atomic mass is 16.2. The van der Waals surface area contributed by atoms with E-state index in [1.54, 1.807) is 7.05 Å². The van der Waals surface area contributed by atoms with Gasteiger partial charge < -0.3 is 4.90 Å². The zero-order valence-electron chi connectivity index (χ0n) is 9.34. The fourth-order valence-corrected chi connectivity index (χ4v) is 1.18. The van der Waals surface area contributed by atoms with Crippen LogP contribution in [0.4, 0.5) is 0 Å². The van der Waals surface area contributed by atoms with E-state index in [1.807, 2.05) is 6.07 Å². The molecule has 0 unspecified atom stereocenters. The van der Waals surface area contributed by atoms with E-state index in [0.29, 0.717) is 6.54 Å². The molecule has 0 aliphatic heterocycles. The van der Waals surface area contributed by atoms with Crippen LogP contribution >= 0.6 is 0 Å². The van der Waals surface area contributed by atoms with Gasteiger partial charge in [-0.1, -0.05) is 0 Å².